The maximum absolute atomic E-state index is 13.1. The molecule has 0 saturated carbocycles. The molecule has 0 saturated heterocycles. The number of rotatable bonds is 6. The van der Waals surface area contributed by atoms with Crippen LogP contribution < -0.4 is 5.56 Å². The lowest BCUT2D eigenvalue weighted by molar-refractivity contribution is 0.485. The number of thioether (sulfide) groups is 1. The van der Waals surface area contributed by atoms with E-state index in [1.165, 1.54) is 11.8 Å². The number of para-hydroxylation sites is 1. The second-order valence-corrected chi connectivity index (χ2v) is 8.14. The second kappa shape index (κ2) is 7.69. The van der Waals surface area contributed by atoms with Crippen LogP contribution in [0.25, 0.3) is 21.6 Å². The predicted octanol–water partition coefficient (Wildman–Crippen LogP) is 4.18. The summed E-state index contributed by atoms with van der Waals surface area (Å²) in [4.78, 5) is 23.4. The summed E-state index contributed by atoms with van der Waals surface area (Å²) >= 11 is 3.03. The fraction of sp³-hybridized carbons (Fsp3) is 0.100. The number of aromatic amines is 1. The Morgan fingerprint density at radius 1 is 1.10 bits per heavy atom. The zero-order valence-electron chi connectivity index (χ0n) is 15.1. The third-order valence-electron chi connectivity index (χ3n) is 4.38. The van der Waals surface area contributed by atoms with Crippen molar-refractivity contribution in [2.24, 2.45) is 0 Å². The highest BCUT2D eigenvalue weighted by molar-refractivity contribution is 7.98. The number of aromatic nitrogens is 5. The fourth-order valence-corrected chi connectivity index (χ4v) is 4.42. The number of furan rings is 1. The Bertz CT molecular complexity index is 1310. The summed E-state index contributed by atoms with van der Waals surface area (Å²) < 4.78 is 7.10. The van der Waals surface area contributed by atoms with Gasteiger partial charge in [0.1, 0.15) is 11.6 Å². The summed E-state index contributed by atoms with van der Waals surface area (Å²) in [6.45, 7) is 0.327. The third kappa shape index (κ3) is 3.62. The van der Waals surface area contributed by atoms with E-state index in [2.05, 4.69) is 15.2 Å². The van der Waals surface area contributed by atoms with Crippen molar-refractivity contribution in [3.05, 3.63) is 82.1 Å². The summed E-state index contributed by atoms with van der Waals surface area (Å²) in [7, 11) is 0. The van der Waals surface area contributed by atoms with E-state index in [9.17, 15) is 4.79 Å². The number of thiophene rings is 1. The zero-order valence-corrected chi connectivity index (χ0v) is 16.7. The monoisotopic (exact) mass is 421 g/mol. The molecule has 0 fully saturated rings. The average molecular weight is 422 g/mol. The van der Waals surface area contributed by atoms with Gasteiger partial charge in [0, 0.05) is 0 Å². The Balaban J connectivity index is 1.47. The molecule has 0 bridgehead atoms. The molecule has 0 radical (unpaired) electrons. The van der Waals surface area contributed by atoms with Crippen molar-refractivity contribution < 1.29 is 4.42 Å². The first kappa shape index (κ1) is 17.9. The van der Waals surface area contributed by atoms with Crippen molar-refractivity contribution in [2.45, 2.75) is 17.5 Å². The summed E-state index contributed by atoms with van der Waals surface area (Å²) in [5.41, 5.74) is 0.593. The Labute approximate surface area is 173 Å². The van der Waals surface area contributed by atoms with Gasteiger partial charge >= 0.3 is 0 Å². The Hall–Kier alpha value is -3.17. The fourth-order valence-electron chi connectivity index (χ4n) is 3.01. The number of benzene rings is 1. The second-order valence-electron chi connectivity index (χ2n) is 6.25. The van der Waals surface area contributed by atoms with Gasteiger partial charge in [-0.1, -0.05) is 30.0 Å². The van der Waals surface area contributed by atoms with Gasteiger partial charge in [-0.2, -0.15) is 0 Å². The summed E-state index contributed by atoms with van der Waals surface area (Å²) in [5.74, 6) is 2.55. The van der Waals surface area contributed by atoms with E-state index in [4.69, 9.17) is 9.40 Å². The van der Waals surface area contributed by atoms with Crippen molar-refractivity contribution >= 4 is 34.0 Å². The number of nitrogens with zero attached hydrogens (tertiary/aromatic N) is 4. The highest BCUT2D eigenvalue weighted by Gasteiger charge is 2.14. The topological polar surface area (TPSA) is 89.6 Å². The molecule has 1 N–H and O–H groups in total. The third-order valence-corrected chi connectivity index (χ3v) is 6.10. The summed E-state index contributed by atoms with van der Waals surface area (Å²) in [6, 6.07) is 15.0. The maximum atomic E-state index is 13.1. The van der Waals surface area contributed by atoms with Crippen LogP contribution in [0.5, 0.6) is 0 Å². The zero-order chi connectivity index (χ0) is 19.6. The van der Waals surface area contributed by atoms with Crippen LogP contribution in [-0.4, -0.2) is 24.7 Å². The largest absolute Gasteiger partial charge is 0.467 e. The van der Waals surface area contributed by atoms with E-state index in [-0.39, 0.29) is 5.56 Å². The Morgan fingerprint density at radius 3 is 2.86 bits per heavy atom. The molecule has 7 nitrogen and oxygen atoms in total. The maximum Gasteiger partial charge on any atom is 0.261 e. The van der Waals surface area contributed by atoms with Crippen LogP contribution in [0, 0.1) is 0 Å². The molecule has 29 heavy (non-hydrogen) atoms. The highest BCUT2D eigenvalue weighted by atomic mass is 32.2. The van der Waals surface area contributed by atoms with Gasteiger partial charge in [0.15, 0.2) is 5.82 Å². The predicted molar refractivity (Wildman–Crippen MR) is 113 cm³/mol. The van der Waals surface area contributed by atoms with Gasteiger partial charge in [0.2, 0.25) is 5.16 Å². The van der Waals surface area contributed by atoms with Gasteiger partial charge in [-0.15, -0.1) is 16.4 Å². The van der Waals surface area contributed by atoms with Gasteiger partial charge in [0.05, 0.1) is 34.3 Å². The highest BCUT2D eigenvalue weighted by Crippen LogP contribution is 2.25. The van der Waals surface area contributed by atoms with Crippen LogP contribution in [-0.2, 0) is 12.3 Å². The molecule has 4 aromatic heterocycles. The number of fused-ring (bicyclic) bond motifs is 1. The smallest absolute Gasteiger partial charge is 0.261 e. The van der Waals surface area contributed by atoms with Gasteiger partial charge in [-0.05, 0) is 35.7 Å². The van der Waals surface area contributed by atoms with Gasteiger partial charge in [-0.3, -0.25) is 14.5 Å². The van der Waals surface area contributed by atoms with E-state index in [1.807, 2.05) is 47.8 Å². The van der Waals surface area contributed by atoms with E-state index < -0.39 is 0 Å². The molecule has 0 aliphatic rings. The number of H-pyrrole nitrogens is 1. The normalized spacial score (nSPS) is 11.3. The van der Waals surface area contributed by atoms with Crippen LogP contribution in [0.3, 0.4) is 0 Å². The number of hydrogen-bond acceptors (Lipinski definition) is 7. The minimum absolute atomic E-state index is 0.0862. The van der Waals surface area contributed by atoms with Crippen LogP contribution in [0.4, 0.5) is 0 Å². The quantitative estimate of drug-likeness (QED) is 0.414. The SMILES string of the molecule is O=c1c2ccccc2nc(CSc2n[nH]c(-c3cccs3)n2)n1Cc1ccco1. The first-order valence-electron chi connectivity index (χ1n) is 8.88. The molecule has 5 aromatic rings. The molecule has 0 spiro atoms. The minimum Gasteiger partial charge on any atom is -0.467 e. The molecule has 0 amide bonds. The van der Waals surface area contributed by atoms with E-state index >= 15 is 0 Å². The molecule has 0 unspecified atom stereocenters. The van der Waals surface area contributed by atoms with Gasteiger partial charge in [0.25, 0.3) is 5.56 Å². The van der Waals surface area contributed by atoms with Crippen LogP contribution >= 0.6 is 23.1 Å². The summed E-state index contributed by atoms with van der Waals surface area (Å²) in [6.07, 6.45) is 1.60. The van der Waals surface area contributed by atoms with E-state index in [1.54, 1.807) is 28.2 Å². The molecule has 4 heterocycles. The molecule has 5 rings (SSSR count). The molecule has 1 aromatic carbocycles. The van der Waals surface area contributed by atoms with Gasteiger partial charge < -0.3 is 4.42 Å². The van der Waals surface area contributed by atoms with Crippen molar-refractivity contribution in [2.75, 3.05) is 0 Å². The molecular formula is C20H15N5O2S2. The standard InChI is InChI=1S/C20H15N5O2S2/c26-19-14-6-1-2-7-15(14)21-17(25(19)11-13-5-3-9-27-13)12-29-20-22-18(23-24-20)16-8-4-10-28-16/h1-10H,11-12H2,(H,22,23,24). The average Bonchev–Trinajstić information content (AvgIpc) is 3.51. The Kier molecular flexibility index (Phi) is 4.74. The molecule has 0 aliphatic heterocycles. The van der Waals surface area contributed by atoms with Crippen LogP contribution in [0.1, 0.15) is 11.6 Å². The lowest BCUT2D eigenvalue weighted by atomic mass is 10.2. The molecule has 0 aliphatic carbocycles. The lowest BCUT2D eigenvalue weighted by Crippen LogP contribution is -2.25. The van der Waals surface area contributed by atoms with Crippen molar-refractivity contribution in [1.29, 1.82) is 0 Å². The van der Waals surface area contributed by atoms with Crippen molar-refractivity contribution in [1.82, 2.24) is 24.7 Å². The molecule has 9 heteroatoms. The molecular weight excluding hydrogens is 406 g/mol. The van der Waals surface area contributed by atoms with Crippen molar-refractivity contribution in [3.8, 4) is 10.7 Å². The van der Waals surface area contributed by atoms with Gasteiger partial charge in [-0.25, -0.2) is 9.97 Å². The number of hydrogen-bond donors (Lipinski definition) is 1. The molecule has 0 atom stereocenters. The minimum atomic E-state index is -0.0862. The van der Waals surface area contributed by atoms with Crippen LogP contribution in [0.15, 0.2) is 74.5 Å². The first-order chi connectivity index (χ1) is 14.3. The Morgan fingerprint density at radius 2 is 2.03 bits per heavy atom. The lowest BCUT2D eigenvalue weighted by Gasteiger charge is -2.11. The van der Waals surface area contributed by atoms with Crippen molar-refractivity contribution in [3.63, 3.8) is 0 Å². The van der Waals surface area contributed by atoms with E-state index in [0.717, 1.165) is 10.7 Å². The molecule has 144 valence electrons. The van der Waals surface area contributed by atoms with Crippen LogP contribution in [0.2, 0.25) is 0 Å². The van der Waals surface area contributed by atoms with E-state index in [0.29, 0.717) is 39.9 Å². The number of nitrogens with one attached hydrogen (secondary N) is 1. The first-order valence-corrected chi connectivity index (χ1v) is 10.7. The summed E-state index contributed by atoms with van der Waals surface area (Å²) in [5, 5.41) is 10.4.